The van der Waals surface area contributed by atoms with Crippen molar-refractivity contribution in [3.63, 3.8) is 0 Å². The summed E-state index contributed by atoms with van der Waals surface area (Å²) in [6.45, 7) is 1.35. The highest BCUT2D eigenvalue weighted by Crippen LogP contribution is 2.42. The SMILES string of the molecule is CC(=O)Nc1ccccc1C1=CC(Cl)(C(=S)NC(N)=O)C(O)(F)C=C1. The number of urea groups is 1. The van der Waals surface area contributed by atoms with Gasteiger partial charge in [-0.2, -0.15) is 0 Å². The van der Waals surface area contributed by atoms with E-state index in [1.165, 1.54) is 13.0 Å². The van der Waals surface area contributed by atoms with Crippen molar-refractivity contribution >= 4 is 52.0 Å². The van der Waals surface area contributed by atoms with Crippen LogP contribution in [0.15, 0.2) is 42.5 Å². The van der Waals surface area contributed by atoms with Gasteiger partial charge in [0, 0.05) is 18.2 Å². The minimum Gasteiger partial charge on any atom is -0.357 e. The molecule has 0 aliphatic heterocycles. The highest BCUT2D eigenvalue weighted by Gasteiger charge is 2.53. The van der Waals surface area contributed by atoms with Gasteiger partial charge in [0.2, 0.25) is 5.91 Å². The molecule has 5 N–H and O–H groups in total. The highest BCUT2D eigenvalue weighted by atomic mass is 35.5. The van der Waals surface area contributed by atoms with Gasteiger partial charge < -0.3 is 21.5 Å². The first-order chi connectivity index (χ1) is 11.6. The largest absolute Gasteiger partial charge is 0.357 e. The molecule has 0 saturated heterocycles. The van der Waals surface area contributed by atoms with Crippen molar-refractivity contribution in [2.45, 2.75) is 17.7 Å². The Balaban J connectivity index is 2.53. The van der Waals surface area contributed by atoms with Gasteiger partial charge in [-0.1, -0.05) is 36.5 Å². The number of carbonyl (C=O) groups excluding carboxylic acids is 2. The molecule has 6 nitrogen and oxygen atoms in total. The second-order valence-corrected chi connectivity index (χ2v) is 6.37. The summed E-state index contributed by atoms with van der Waals surface area (Å²) in [5.41, 5.74) is 6.36. The summed E-state index contributed by atoms with van der Waals surface area (Å²) in [6, 6.07) is 5.70. The molecule has 0 bridgehead atoms. The first-order valence-corrected chi connectivity index (χ1v) is 7.85. The summed E-state index contributed by atoms with van der Waals surface area (Å²) >= 11 is 11.1. The van der Waals surface area contributed by atoms with Gasteiger partial charge in [0.25, 0.3) is 5.85 Å². The normalized spacial score (nSPS) is 25.0. The van der Waals surface area contributed by atoms with E-state index in [-0.39, 0.29) is 5.91 Å². The molecule has 25 heavy (non-hydrogen) atoms. The van der Waals surface area contributed by atoms with Gasteiger partial charge in [-0.05, 0) is 23.8 Å². The number of anilines is 1. The average molecular weight is 384 g/mol. The van der Waals surface area contributed by atoms with Crippen LogP contribution in [0.25, 0.3) is 5.57 Å². The maximum Gasteiger partial charge on any atom is 0.317 e. The monoisotopic (exact) mass is 383 g/mol. The maximum atomic E-state index is 14.6. The van der Waals surface area contributed by atoms with Crippen LogP contribution in [0.2, 0.25) is 0 Å². The Morgan fingerprint density at radius 2 is 2.00 bits per heavy atom. The fraction of sp³-hybridized carbons (Fsp3) is 0.188. The topological polar surface area (TPSA) is 104 Å². The van der Waals surface area contributed by atoms with Gasteiger partial charge in [0.05, 0.1) is 0 Å². The number of thiocarbonyl (C=S) groups is 1. The second kappa shape index (κ2) is 6.91. The summed E-state index contributed by atoms with van der Waals surface area (Å²) in [4.78, 5) is 19.6. The van der Waals surface area contributed by atoms with Crippen LogP contribution < -0.4 is 16.4 Å². The Morgan fingerprint density at radius 3 is 2.60 bits per heavy atom. The molecular formula is C16H15ClFN3O3S. The number of allylic oxidation sites excluding steroid dienone is 2. The van der Waals surface area contributed by atoms with Crippen molar-refractivity contribution in [2.24, 2.45) is 5.73 Å². The zero-order valence-corrected chi connectivity index (χ0v) is 14.6. The van der Waals surface area contributed by atoms with Crippen molar-refractivity contribution in [3.8, 4) is 0 Å². The van der Waals surface area contributed by atoms with E-state index in [1.54, 1.807) is 24.3 Å². The molecule has 2 rings (SSSR count). The van der Waals surface area contributed by atoms with E-state index in [1.807, 2.05) is 5.32 Å². The van der Waals surface area contributed by atoms with Gasteiger partial charge in [0.1, 0.15) is 4.99 Å². The number of hydrogen-bond acceptors (Lipinski definition) is 4. The summed E-state index contributed by atoms with van der Waals surface area (Å²) < 4.78 is 14.6. The lowest BCUT2D eigenvalue weighted by Gasteiger charge is -2.36. The Bertz CT molecular complexity index is 810. The molecule has 0 fully saturated rings. The number of hydrogen-bond donors (Lipinski definition) is 4. The van der Waals surface area contributed by atoms with Crippen molar-refractivity contribution in [1.82, 2.24) is 5.32 Å². The highest BCUT2D eigenvalue weighted by molar-refractivity contribution is 7.80. The van der Waals surface area contributed by atoms with E-state index in [9.17, 15) is 19.1 Å². The fourth-order valence-corrected chi connectivity index (χ4v) is 2.84. The molecule has 1 aliphatic carbocycles. The third-order valence-electron chi connectivity index (χ3n) is 3.46. The van der Waals surface area contributed by atoms with Crippen molar-refractivity contribution < 1.29 is 19.1 Å². The first kappa shape index (κ1) is 19.0. The minimum absolute atomic E-state index is 0.294. The number of aliphatic hydroxyl groups is 1. The summed E-state index contributed by atoms with van der Waals surface area (Å²) in [6.07, 6.45) is 3.27. The Hall–Kier alpha value is -2.29. The van der Waals surface area contributed by atoms with Crippen molar-refractivity contribution in [1.29, 1.82) is 0 Å². The third kappa shape index (κ3) is 3.87. The Labute approximate surface area is 153 Å². The molecule has 132 valence electrons. The molecular weight excluding hydrogens is 369 g/mol. The van der Waals surface area contributed by atoms with E-state index >= 15 is 0 Å². The number of amides is 3. The molecule has 0 aromatic heterocycles. The van der Waals surface area contributed by atoms with Crippen LogP contribution in [0.1, 0.15) is 12.5 Å². The number of halogens is 2. The van der Waals surface area contributed by atoms with Crippen LogP contribution in [0.5, 0.6) is 0 Å². The van der Waals surface area contributed by atoms with Gasteiger partial charge in [-0.15, -0.1) is 11.6 Å². The number of alkyl halides is 2. The van der Waals surface area contributed by atoms with E-state index in [2.05, 4.69) is 5.32 Å². The van der Waals surface area contributed by atoms with Gasteiger partial charge in [-0.3, -0.25) is 4.79 Å². The first-order valence-electron chi connectivity index (χ1n) is 7.07. The maximum absolute atomic E-state index is 14.6. The minimum atomic E-state index is -3.06. The zero-order valence-electron chi connectivity index (χ0n) is 13.0. The van der Waals surface area contributed by atoms with Crippen LogP contribution >= 0.6 is 23.8 Å². The molecule has 0 saturated carbocycles. The number of para-hydroxylation sites is 1. The molecule has 1 aromatic carbocycles. The number of carbonyl (C=O) groups is 2. The molecule has 3 amide bonds. The number of nitrogens with two attached hydrogens (primary N) is 1. The average Bonchev–Trinajstić information content (AvgIpc) is 2.49. The Kier molecular flexibility index (Phi) is 5.26. The van der Waals surface area contributed by atoms with Gasteiger partial charge in [-0.25, -0.2) is 9.18 Å². The summed E-state index contributed by atoms with van der Waals surface area (Å²) in [5.74, 6) is -3.35. The van der Waals surface area contributed by atoms with Gasteiger partial charge in [0.15, 0.2) is 4.87 Å². The molecule has 2 unspecified atom stereocenters. The van der Waals surface area contributed by atoms with Crippen LogP contribution in [0, 0.1) is 0 Å². The van der Waals surface area contributed by atoms with E-state index in [0.717, 1.165) is 12.2 Å². The molecule has 2 atom stereocenters. The predicted octanol–water partition coefficient (Wildman–Crippen LogP) is 2.23. The number of nitrogens with one attached hydrogen (secondary N) is 2. The lowest BCUT2D eigenvalue weighted by atomic mass is 9.87. The molecule has 0 radical (unpaired) electrons. The standard InChI is InChI=1S/C16H15ClFN3O3S/c1-9(22)20-12-5-3-2-4-11(12)10-6-7-16(18,24)15(17,8-10)13(25)21-14(19)23/h2-8,24H,1H3,(H,20,22)(H3,19,21,23,25). The number of primary amides is 1. The van der Waals surface area contributed by atoms with Crippen LogP contribution in [-0.4, -0.2) is 32.8 Å². The zero-order chi connectivity index (χ0) is 18.8. The number of benzene rings is 1. The summed E-state index contributed by atoms with van der Waals surface area (Å²) in [7, 11) is 0. The summed E-state index contributed by atoms with van der Waals surface area (Å²) in [5, 5.41) is 14.6. The van der Waals surface area contributed by atoms with Crippen LogP contribution in [0.3, 0.4) is 0 Å². The second-order valence-electron chi connectivity index (χ2n) is 5.36. The fourth-order valence-electron chi connectivity index (χ4n) is 2.31. The van der Waals surface area contributed by atoms with Crippen molar-refractivity contribution in [2.75, 3.05) is 5.32 Å². The van der Waals surface area contributed by atoms with E-state index < -0.39 is 21.7 Å². The van der Waals surface area contributed by atoms with E-state index in [4.69, 9.17) is 29.6 Å². The molecule has 1 aliphatic rings. The quantitative estimate of drug-likeness (QED) is 0.474. The molecule has 9 heteroatoms. The lowest BCUT2D eigenvalue weighted by molar-refractivity contribution is -0.114. The molecule has 0 spiro atoms. The number of rotatable bonds is 3. The van der Waals surface area contributed by atoms with Crippen LogP contribution in [0.4, 0.5) is 14.9 Å². The third-order valence-corrected chi connectivity index (χ3v) is 4.56. The van der Waals surface area contributed by atoms with E-state index in [0.29, 0.717) is 16.8 Å². The van der Waals surface area contributed by atoms with Gasteiger partial charge >= 0.3 is 6.03 Å². The van der Waals surface area contributed by atoms with Crippen LogP contribution in [-0.2, 0) is 4.79 Å². The molecule has 1 aromatic rings. The predicted molar refractivity (Wildman–Crippen MR) is 97.8 cm³/mol. The Morgan fingerprint density at radius 1 is 1.36 bits per heavy atom. The molecule has 0 heterocycles. The van der Waals surface area contributed by atoms with Crippen molar-refractivity contribution in [3.05, 3.63) is 48.1 Å². The lowest BCUT2D eigenvalue weighted by Crippen LogP contribution is -2.56. The smallest absolute Gasteiger partial charge is 0.317 e.